The minimum absolute atomic E-state index is 0.0340. The van der Waals surface area contributed by atoms with E-state index >= 15 is 0 Å². The van der Waals surface area contributed by atoms with Crippen molar-refractivity contribution in [2.45, 2.75) is 12.0 Å². The third kappa shape index (κ3) is 6.25. The number of hydrogen-bond acceptors (Lipinski definition) is 6. The van der Waals surface area contributed by atoms with Gasteiger partial charge in [0.2, 0.25) is 5.91 Å². The molecule has 2 aromatic carbocycles. The van der Waals surface area contributed by atoms with Crippen LogP contribution in [0.25, 0.3) is 0 Å². The number of nitrogens with zero attached hydrogens (tertiary/aromatic N) is 1. The fraction of sp³-hybridized carbons (Fsp3) is 0.318. The molecule has 34 heavy (non-hydrogen) atoms. The van der Waals surface area contributed by atoms with Crippen molar-refractivity contribution in [1.29, 1.82) is 0 Å². The van der Waals surface area contributed by atoms with Crippen LogP contribution in [-0.4, -0.2) is 58.0 Å². The number of morpholine rings is 1. The molecule has 10 nitrogen and oxygen atoms in total. The van der Waals surface area contributed by atoms with E-state index < -0.39 is 33.1 Å². The van der Waals surface area contributed by atoms with Crippen molar-refractivity contribution < 1.29 is 27.5 Å². The van der Waals surface area contributed by atoms with Gasteiger partial charge in [0.1, 0.15) is 22.0 Å². The van der Waals surface area contributed by atoms with Crippen LogP contribution in [0.2, 0.25) is 5.02 Å². The predicted octanol–water partition coefficient (Wildman–Crippen LogP) is 1.64. The topological polar surface area (TPSA) is 148 Å². The van der Waals surface area contributed by atoms with Crippen molar-refractivity contribution >= 4 is 50.7 Å². The number of primary amides is 1. The molecule has 3 rings (SSSR count). The minimum Gasteiger partial charge on any atom is -0.370 e. The lowest BCUT2D eigenvalue weighted by Gasteiger charge is -2.33. The largest absolute Gasteiger partial charge is 0.370 e. The lowest BCUT2D eigenvalue weighted by molar-refractivity contribution is -0.126. The maximum atomic E-state index is 12.8. The average Bonchev–Trinajstić information content (AvgIpc) is 2.78. The number of sulfone groups is 1. The van der Waals surface area contributed by atoms with E-state index in [0.717, 1.165) is 6.26 Å². The third-order valence-electron chi connectivity index (χ3n) is 5.36. The normalized spacial score (nSPS) is 15.9. The summed E-state index contributed by atoms with van der Waals surface area (Å²) in [6, 6.07) is 11.8. The van der Waals surface area contributed by atoms with E-state index in [2.05, 4.69) is 10.6 Å². The van der Waals surface area contributed by atoms with Crippen LogP contribution in [0.3, 0.4) is 0 Å². The Bertz CT molecular complexity index is 1170. The van der Waals surface area contributed by atoms with Crippen molar-refractivity contribution in [2.75, 3.05) is 42.0 Å². The van der Waals surface area contributed by atoms with E-state index in [4.69, 9.17) is 22.1 Å². The van der Waals surface area contributed by atoms with Crippen LogP contribution in [0.15, 0.2) is 48.5 Å². The zero-order valence-electron chi connectivity index (χ0n) is 18.4. The molecule has 2 aromatic rings. The van der Waals surface area contributed by atoms with Gasteiger partial charge in [-0.05, 0) is 48.4 Å². The van der Waals surface area contributed by atoms with Crippen molar-refractivity contribution in [3.8, 4) is 0 Å². The van der Waals surface area contributed by atoms with Gasteiger partial charge in [-0.2, -0.15) is 0 Å². The summed E-state index contributed by atoms with van der Waals surface area (Å²) in [6.07, 6.45) is 0.741. The summed E-state index contributed by atoms with van der Waals surface area (Å²) in [6.45, 7) is 0.724. The highest BCUT2D eigenvalue weighted by molar-refractivity contribution is 7.90. The molecule has 1 heterocycles. The molecule has 0 saturated carbocycles. The Morgan fingerprint density at radius 3 is 2.35 bits per heavy atom. The highest BCUT2D eigenvalue weighted by atomic mass is 35.5. The Morgan fingerprint density at radius 1 is 1.15 bits per heavy atom. The van der Waals surface area contributed by atoms with E-state index in [1.54, 1.807) is 36.4 Å². The van der Waals surface area contributed by atoms with E-state index in [0.29, 0.717) is 29.5 Å². The molecule has 1 atom stereocenters. The molecule has 0 aromatic heterocycles. The quantitative estimate of drug-likeness (QED) is 0.493. The minimum atomic E-state index is -3.49. The van der Waals surface area contributed by atoms with Crippen molar-refractivity contribution in [3.05, 3.63) is 59.1 Å². The van der Waals surface area contributed by atoms with Gasteiger partial charge in [0.15, 0.2) is 0 Å². The standard InChI is InChI=1S/C22H25ClN4O6S/c1-34(31,32)13-10-22(20(24)29,26-21(30)25-17-6-4-16(23)5-7-17)15-2-8-18(9-3-15)27-11-12-33-14-19(27)28/h2-9H,10-14H2,1H3,(H2,24,29)(H2,25,26,30). The Kier molecular flexibility index (Phi) is 7.80. The van der Waals surface area contributed by atoms with Gasteiger partial charge in [-0.3, -0.25) is 9.59 Å². The Morgan fingerprint density at radius 2 is 1.79 bits per heavy atom. The molecule has 4 N–H and O–H groups in total. The molecular formula is C22H25ClN4O6S. The first-order valence-electron chi connectivity index (χ1n) is 10.3. The summed E-state index contributed by atoms with van der Waals surface area (Å²) in [7, 11) is -3.49. The van der Waals surface area contributed by atoms with E-state index in [-0.39, 0.29) is 24.5 Å². The first-order valence-corrected chi connectivity index (χ1v) is 12.7. The molecule has 1 saturated heterocycles. The molecule has 4 amide bonds. The van der Waals surface area contributed by atoms with Crippen molar-refractivity contribution in [2.24, 2.45) is 5.73 Å². The number of hydrogen-bond donors (Lipinski definition) is 3. The summed E-state index contributed by atoms with van der Waals surface area (Å²) < 4.78 is 28.9. The Balaban J connectivity index is 1.92. The van der Waals surface area contributed by atoms with Crippen LogP contribution in [0.4, 0.5) is 16.2 Å². The van der Waals surface area contributed by atoms with E-state index in [1.807, 2.05) is 0 Å². The summed E-state index contributed by atoms with van der Waals surface area (Å²) in [5.41, 5.74) is 5.15. The van der Waals surface area contributed by atoms with Crippen molar-refractivity contribution in [1.82, 2.24) is 5.32 Å². The molecule has 182 valence electrons. The molecule has 0 aliphatic carbocycles. The second kappa shape index (κ2) is 10.4. The van der Waals surface area contributed by atoms with Gasteiger partial charge in [0, 0.05) is 29.2 Å². The predicted molar refractivity (Wildman–Crippen MR) is 128 cm³/mol. The van der Waals surface area contributed by atoms with Crippen LogP contribution in [0.5, 0.6) is 0 Å². The van der Waals surface area contributed by atoms with Crippen LogP contribution >= 0.6 is 11.6 Å². The third-order valence-corrected chi connectivity index (χ3v) is 6.55. The van der Waals surface area contributed by atoms with Crippen LogP contribution in [0.1, 0.15) is 12.0 Å². The molecule has 1 unspecified atom stereocenters. The van der Waals surface area contributed by atoms with Gasteiger partial charge in [0.25, 0.3) is 5.91 Å². The number of carbonyl (C=O) groups is 3. The number of amides is 4. The second-order valence-corrected chi connectivity index (χ2v) is 10.6. The molecule has 1 fully saturated rings. The molecule has 0 bridgehead atoms. The summed E-state index contributed by atoms with van der Waals surface area (Å²) in [5.74, 6) is -1.55. The number of nitrogens with one attached hydrogen (secondary N) is 2. The first kappa shape index (κ1) is 25.5. The van der Waals surface area contributed by atoms with Gasteiger partial charge >= 0.3 is 6.03 Å². The number of rotatable bonds is 8. The fourth-order valence-electron chi connectivity index (χ4n) is 3.55. The summed E-state index contributed by atoms with van der Waals surface area (Å²) in [4.78, 5) is 39.2. The van der Waals surface area contributed by atoms with Gasteiger partial charge in [-0.25, -0.2) is 13.2 Å². The zero-order chi connectivity index (χ0) is 24.9. The molecule has 1 aliphatic heterocycles. The monoisotopic (exact) mass is 508 g/mol. The zero-order valence-corrected chi connectivity index (χ0v) is 20.0. The highest BCUT2D eigenvalue weighted by Gasteiger charge is 2.41. The van der Waals surface area contributed by atoms with Crippen molar-refractivity contribution in [3.63, 3.8) is 0 Å². The maximum absolute atomic E-state index is 12.8. The lowest BCUT2D eigenvalue weighted by atomic mass is 9.86. The second-order valence-electron chi connectivity index (χ2n) is 7.88. The van der Waals surface area contributed by atoms with Crippen LogP contribution in [-0.2, 0) is 29.7 Å². The molecule has 0 radical (unpaired) electrons. The number of benzene rings is 2. The van der Waals surface area contributed by atoms with Gasteiger partial charge in [-0.15, -0.1) is 0 Å². The first-order chi connectivity index (χ1) is 16.0. The van der Waals surface area contributed by atoms with Crippen LogP contribution in [0, 0.1) is 0 Å². The number of ether oxygens (including phenoxy) is 1. The van der Waals surface area contributed by atoms with E-state index in [9.17, 15) is 22.8 Å². The highest BCUT2D eigenvalue weighted by Crippen LogP contribution is 2.29. The smallest absolute Gasteiger partial charge is 0.320 e. The molecule has 1 aliphatic rings. The SMILES string of the molecule is CS(=O)(=O)CCC(NC(=O)Nc1ccc(Cl)cc1)(C(N)=O)c1ccc(N2CCOCC2=O)cc1. The molecule has 0 spiro atoms. The fourth-order valence-corrected chi connectivity index (χ4v) is 4.35. The number of urea groups is 1. The average molecular weight is 509 g/mol. The Hall–Kier alpha value is -3.15. The van der Waals surface area contributed by atoms with E-state index in [1.165, 1.54) is 17.0 Å². The number of halogens is 1. The number of anilines is 2. The summed E-state index contributed by atoms with van der Waals surface area (Å²) in [5, 5.41) is 5.63. The van der Waals surface area contributed by atoms with Gasteiger partial charge in [-0.1, -0.05) is 23.7 Å². The van der Waals surface area contributed by atoms with Gasteiger partial charge < -0.3 is 26.0 Å². The summed E-state index contributed by atoms with van der Waals surface area (Å²) >= 11 is 5.86. The number of nitrogens with two attached hydrogens (primary N) is 1. The molecule has 12 heteroatoms. The Labute approximate surface area is 202 Å². The lowest BCUT2D eigenvalue weighted by Crippen LogP contribution is -2.56. The number of carbonyl (C=O) groups excluding carboxylic acids is 3. The van der Waals surface area contributed by atoms with Crippen LogP contribution < -0.4 is 21.3 Å². The maximum Gasteiger partial charge on any atom is 0.320 e. The van der Waals surface area contributed by atoms with Gasteiger partial charge in [0.05, 0.1) is 12.4 Å². The molecular weight excluding hydrogens is 484 g/mol.